The number of Topliss-reactive ketones (excluding diaryl/α,β-unsaturated/α-hetero) is 1. The predicted molar refractivity (Wildman–Crippen MR) is 117 cm³/mol. The lowest BCUT2D eigenvalue weighted by molar-refractivity contribution is -0.116. The van der Waals surface area contributed by atoms with Crippen molar-refractivity contribution in [3.8, 4) is 11.5 Å². The highest BCUT2D eigenvalue weighted by Crippen LogP contribution is 2.45. The molecule has 5 rings (SSSR count). The fourth-order valence-electron chi connectivity index (χ4n) is 4.40. The van der Waals surface area contributed by atoms with Crippen LogP contribution in [0.15, 0.2) is 60.1 Å². The smallest absolute Gasteiger partial charge is 0.226 e. The summed E-state index contributed by atoms with van der Waals surface area (Å²) in [5.41, 5.74) is 3.42. The Labute approximate surface area is 184 Å². The number of ether oxygens (including phenoxy) is 1. The highest BCUT2D eigenvalue weighted by molar-refractivity contribution is 6.30. The number of phenolic OH excluding ortho intramolecular Hbond substituents is 1. The summed E-state index contributed by atoms with van der Waals surface area (Å²) < 4.78 is 7.27. The molecule has 0 radical (unpaired) electrons. The second-order valence-corrected chi connectivity index (χ2v) is 8.12. The van der Waals surface area contributed by atoms with E-state index in [1.54, 1.807) is 22.9 Å². The van der Waals surface area contributed by atoms with Gasteiger partial charge in [-0.1, -0.05) is 29.8 Å². The van der Waals surface area contributed by atoms with Gasteiger partial charge in [-0.05, 0) is 54.7 Å². The summed E-state index contributed by atoms with van der Waals surface area (Å²) >= 11 is 6.03. The molecule has 1 aliphatic heterocycles. The quantitative estimate of drug-likeness (QED) is 0.628. The number of aromatic hydroxyl groups is 1. The van der Waals surface area contributed by atoms with Gasteiger partial charge in [-0.25, -0.2) is 4.68 Å². The fourth-order valence-corrected chi connectivity index (χ4v) is 4.53. The van der Waals surface area contributed by atoms with Crippen molar-refractivity contribution < 1.29 is 14.6 Å². The van der Waals surface area contributed by atoms with Gasteiger partial charge in [-0.2, -0.15) is 10.1 Å². The molecule has 2 aromatic carbocycles. The Morgan fingerprint density at radius 1 is 1.19 bits per heavy atom. The Hall–Kier alpha value is -3.32. The first-order chi connectivity index (χ1) is 15.0. The summed E-state index contributed by atoms with van der Waals surface area (Å²) in [7, 11) is 0. The van der Waals surface area contributed by atoms with Gasteiger partial charge < -0.3 is 15.2 Å². The van der Waals surface area contributed by atoms with Crippen LogP contribution < -0.4 is 10.1 Å². The maximum atomic E-state index is 13.4. The van der Waals surface area contributed by atoms with Crippen LogP contribution in [0, 0.1) is 0 Å². The lowest BCUT2D eigenvalue weighted by Crippen LogP contribution is -2.33. The second kappa shape index (κ2) is 7.74. The summed E-state index contributed by atoms with van der Waals surface area (Å²) in [6.45, 7) is 2.28. The zero-order valence-corrected chi connectivity index (χ0v) is 17.6. The summed E-state index contributed by atoms with van der Waals surface area (Å²) in [6.07, 6.45) is 2.56. The van der Waals surface area contributed by atoms with Gasteiger partial charge in [0.1, 0.15) is 12.4 Å². The Bertz CT molecular complexity index is 1190. The lowest BCUT2D eigenvalue weighted by Gasteiger charge is -2.35. The molecular formula is C23H21ClN4O3. The lowest BCUT2D eigenvalue weighted by atomic mass is 9.78. The van der Waals surface area contributed by atoms with Gasteiger partial charge in [0.15, 0.2) is 17.3 Å². The van der Waals surface area contributed by atoms with Crippen LogP contribution in [0.5, 0.6) is 11.5 Å². The highest BCUT2D eigenvalue weighted by Gasteiger charge is 2.39. The molecular weight excluding hydrogens is 416 g/mol. The second-order valence-electron chi connectivity index (χ2n) is 7.69. The molecule has 0 amide bonds. The average Bonchev–Trinajstić information content (AvgIpc) is 3.22. The third-order valence-electron chi connectivity index (χ3n) is 5.80. The molecule has 2 N–H and O–H groups in total. The van der Waals surface area contributed by atoms with Crippen molar-refractivity contribution in [1.82, 2.24) is 14.8 Å². The van der Waals surface area contributed by atoms with E-state index in [0.29, 0.717) is 41.7 Å². The first-order valence-electron chi connectivity index (χ1n) is 10.2. The molecule has 2 aliphatic rings. The van der Waals surface area contributed by atoms with Crippen molar-refractivity contribution >= 4 is 23.3 Å². The number of nitrogens with one attached hydrogen (secondary N) is 1. The number of nitrogens with zero attached hydrogens (tertiary/aromatic N) is 3. The molecule has 0 saturated heterocycles. The van der Waals surface area contributed by atoms with Crippen LogP contribution in [-0.4, -0.2) is 32.3 Å². The minimum Gasteiger partial charge on any atom is -0.504 e. The minimum atomic E-state index is -0.438. The third-order valence-corrected chi connectivity index (χ3v) is 6.05. The van der Waals surface area contributed by atoms with Crippen molar-refractivity contribution in [3.05, 3.63) is 76.2 Å². The maximum absolute atomic E-state index is 13.4. The number of carbonyl (C=O) groups excluding carboxylic acids is 1. The van der Waals surface area contributed by atoms with Crippen LogP contribution in [0.1, 0.15) is 42.9 Å². The van der Waals surface area contributed by atoms with Gasteiger partial charge in [0.2, 0.25) is 5.95 Å². The van der Waals surface area contributed by atoms with Gasteiger partial charge in [0.25, 0.3) is 0 Å². The van der Waals surface area contributed by atoms with Crippen LogP contribution in [0.25, 0.3) is 0 Å². The van der Waals surface area contributed by atoms with E-state index in [2.05, 4.69) is 15.4 Å². The third kappa shape index (κ3) is 3.45. The number of hydrogen-bond donors (Lipinski definition) is 2. The topological polar surface area (TPSA) is 89.3 Å². The molecule has 1 aliphatic carbocycles. The number of phenols is 1. The van der Waals surface area contributed by atoms with Crippen molar-refractivity contribution in [3.63, 3.8) is 0 Å². The van der Waals surface area contributed by atoms with E-state index in [-0.39, 0.29) is 17.5 Å². The van der Waals surface area contributed by atoms with E-state index in [1.807, 2.05) is 31.2 Å². The number of ketones is 1. The monoisotopic (exact) mass is 436 g/mol. The standard InChI is InChI=1S/C23H21ClN4O3/c1-2-31-20-11-14(5-8-18(20)29)22-21-17(27-23-25-12-26-28(22)23)9-15(10-19(21)30)13-3-6-16(24)7-4-13/h3-8,11-12,15,22,29H,2,9-10H2,1H3,(H,25,26,27). The molecule has 3 aromatic rings. The summed E-state index contributed by atoms with van der Waals surface area (Å²) in [5, 5.41) is 18.5. The van der Waals surface area contributed by atoms with Gasteiger partial charge >= 0.3 is 0 Å². The van der Waals surface area contributed by atoms with E-state index in [0.717, 1.165) is 16.8 Å². The Morgan fingerprint density at radius 2 is 1.97 bits per heavy atom. The van der Waals surface area contributed by atoms with Crippen LogP contribution in [0.2, 0.25) is 5.02 Å². The van der Waals surface area contributed by atoms with E-state index in [4.69, 9.17) is 16.3 Å². The summed E-state index contributed by atoms with van der Waals surface area (Å²) in [4.78, 5) is 17.7. The minimum absolute atomic E-state index is 0.0601. The van der Waals surface area contributed by atoms with E-state index in [1.165, 1.54) is 6.33 Å². The molecule has 0 fully saturated rings. The van der Waals surface area contributed by atoms with Crippen LogP contribution in [0.3, 0.4) is 0 Å². The van der Waals surface area contributed by atoms with Gasteiger partial charge in [0.05, 0.1) is 6.61 Å². The van der Waals surface area contributed by atoms with Gasteiger partial charge in [-0.15, -0.1) is 0 Å². The largest absolute Gasteiger partial charge is 0.504 e. The number of allylic oxidation sites excluding steroid dienone is 2. The number of aromatic nitrogens is 3. The first-order valence-corrected chi connectivity index (χ1v) is 10.6. The van der Waals surface area contributed by atoms with Crippen molar-refractivity contribution in [1.29, 1.82) is 0 Å². The zero-order valence-electron chi connectivity index (χ0n) is 16.9. The molecule has 158 valence electrons. The van der Waals surface area contributed by atoms with E-state index >= 15 is 0 Å². The average molecular weight is 437 g/mol. The molecule has 2 unspecified atom stereocenters. The summed E-state index contributed by atoms with van der Waals surface area (Å²) in [6, 6.07) is 12.4. The number of hydrogen-bond acceptors (Lipinski definition) is 6. The number of fused-ring (bicyclic) bond motifs is 1. The molecule has 0 bridgehead atoms. The van der Waals surface area contributed by atoms with Crippen LogP contribution >= 0.6 is 11.6 Å². The fraction of sp³-hybridized carbons (Fsp3) is 0.261. The molecule has 7 nitrogen and oxygen atoms in total. The number of benzene rings is 2. The molecule has 2 heterocycles. The summed E-state index contributed by atoms with van der Waals surface area (Å²) in [5.74, 6) is 1.14. The highest BCUT2D eigenvalue weighted by atomic mass is 35.5. The maximum Gasteiger partial charge on any atom is 0.226 e. The molecule has 8 heteroatoms. The Kier molecular flexibility index (Phi) is 4.90. The zero-order chi connectivity index (χ0) is 21.5. The van der Waals surface area contributed by atoms with Crippen LogP contribution in [0.4, 0.5) is 5.95 Å². The van der Waals surface area contributed by atoms with Gasteiger partial charge in [0, 0.05) is 22.7 Å². The number of carbonyl (C=O) groups is 1. The first kappa shape index (κ1) is 19.6. The SMILES string of the molecule is CCOc1cc(C2C3=C(CC(c4ccc(Cl)cc4)CC3=O)Nc3ncnn32)ccc1O. The number of halogens is 1. The number of rotatable bonds is 4. The van der Waals surface area contributed by atoms with Crippen molar-refractivity contribution in [2.24, 2.45) is 0 Å². The van der Waals surface area contributed by atoms with Crippen LogP contribution in [-0.2, 0) is 4.79 Å². The molecule has 31 heavy (non-hydrogen) atoms. The van der Waals surface area contributed by atoms with Crippen molar-refractivity contribution in [2.45, 2.75) is 31.7 Å². The van der Waals surface area contributed by atoms with Crippen molar-refractivity contribution in [2.75, 3.05) is 11.9 Å². The molecule has 0 saturated carbocycles. The Morgan fingerprint density at radius 3 is 2.74 bits per heavy atom. The van der Waals surface area contributed by atoms with E-state index < -0.39 is 6.04 Å². The predicted octanol–water partition coefficient (Wildman–Crippen LogP) is 4.45. The van der Waals surface area contributed by atoms with E-state index in [9.17, 15) is 9.90 Å². The Balaban J connectivity index is 1.58. The molecule has 1 aromatic heterocycles. The molecule has 0 spiro atoms. The normalized spacial score (nSPS) is 20.1. The number of anilines is 1. The van der Waals surface area contributed by atoms with Gasteiger partial charge in [-0.3, -0.25) is 4.79 Å². The molecule has 2 atom stereocenters.